The van der Waals surface area contributed by atoms with Crippen LogP contribution in [0.5, 0.6) is 0 Å². The van der Waals surface area contributed by atoms with E-state index in [2.05, 4.69) is 0 Å². The number of rotatable bonds is 10. The van der Waals surface area contributed by atoms with Crippen LogP contribution in [-0.2, 0) is 13.3 Å². The summed E-state index contributed by atoms with van der Waals surface area (Å²) in [6, 6.07) is 0.627. The minimum absolute atomic E-state index is 0.418. The molecular weight excluding hydrogens is 290 g/mol. The minimum atomic E-state index is -2.68. The average Bonchev–Trinajstić information content (AvgIpc) is 2.33. The van der Waals surface area contributed by atoms with Crippen LogP contribution in [0.3, 0.4) is 0 Å². The van der Waals surface area contributed by atoms with Crippen LogP contribution >= 0.6 is 0 Å². The highest BCUT2D eigenvalue weighted by molar-refractivity contribution is 6.60. The van der Waals surface area contributed by atoms with Gasteiger partial charge in [0.25, 0.3) is 0 Å². The fraction of sp³-hybridized carbons (Fsp3) is 0.929. The monoisotopic (exact) mass is 321 g/mol. The maximum Gasteiger partial charge on any atom is 0.500 e. The lowest BCUT2D eigenvalue weighted by molar-refractivity contribution is 0.0667. The van der Waals surface area contributed by atoms with Crippen molar-refractivity contribution in [2.45, 2.75) is 59.5 Å². The summed E-state index contributed by atoms with van der Waals surface area (Å²) < 4.78 is 17.3. The normalized spacial score (nSPS) is 12.5. The molecule has 6 nitrogen and oxygen atoms in total. The Hall–Kier alpha value is -0.633. The number of amides is 1. The third-order valence-corrected chi connectivity index (χ3v) is 6.15. The van der Waals surface area contributed by atoms with Gasteiger partial charge >= 0.3 is 14.9 Å². The zero-order valence-corrected chi connectivity index (χ0v) is 15.3. The Labute approximate surface area is 129 Å². The molecule has 0 saturated heterocycles. The molecule has 0 aromatic carbocycles. The molecule has 7 heteroatoms. The van der Waals surface area contributed by atoms with E-state index in [0.717, 1.165) is 0 Å². The van der Waals surface area contributed by atoms with Crippen LogP contribution in [0, 0.1) is 0 Å². The summed E-state index contributed by atoms with van der Waals surface area (Å²) >= 11 is 0. The molecule has 0 spiro atoms. The highest BCUT2D eigenvalue weighted by Crippen LogP contribution is 2.21. The van der Waals surface area contributed by atoms with Gasteiger partial charge in [0.15, 0.2) is 0 Å². The van der Waals surface area contributed by atoms with E-state index in [1.807, 2.05) is 41.5 Å². The molecule has 0 aliphatic heterocycles. The summed E-state index contributed by atoms with van der Waals surface area (Å²) in [5.74, 6) is 0. The maximum atomic E-state index is 11.3. The van der Waals surface area contributed by atoms with Crippen LogP contribution in [0.15, 0.2) is 0 Å². The van der Waals surface area contributed by atoms with E-state index in [1.165, 1.54) is 4.90 Å². The van der Waals surface area contributed by atoms with Gasteiger partial charge < -0.3 is 23.3 Å². The summed E-state index contributed by atoms with van der Waals surface area (Å²) in [7, 11) is -2.68. The molecule has 0 heterocycles. The van der Waals surface area contributed by atoms with Crippen molar-refractivity contribution in [2.75, 3.05) is 26.4 Å². The van der Waals surface area contributed by atoms with Gasteiger partial charge in [-0.2, -0.15) is 0 Å². The Kier molecular flexibility index (Phi) is 9.11. The third-order valence-electron chi connectivity index (χ3n) is 3.00. The smallest absolute Gasteiger partial charge is 0.465 e. The molecule has 0 radical (unpaired) electrons. The van der Waals surface area contributed by atoms with E-state index in [0.29, 0.717) is 38.8 Å². The third kappa shape index (κ3) is 7.26. The molecule has 0 aliphatic carbocycles. The van der Waals surface area contributed by atoms with Gasteiger partial charge in [0.2, 0.25) is 0 Å². The van der Waals surface area contributed by atoms with E-state index >= 15 is 0 Å². The summed E-state index contributed by atoms with van der Waals surface area (Å²) in [4.78, 5) is 12.8. The summed E-state index contributed by atoms with van der Waals surface area (Å²) in [6.45, 7) is 13.5. The topological polar surface area (TPSA) is 68.2 Å². The van der Waals surface area contributed by atoms with Crippen LogP contribution in [0.2, 0.25) is 6.04 Å². The minimum Gasteiger partial charge on any atom is -0.465 e. The lowest BCUT2D eigenvalue weighted by Gasteiger charge is -2.34. The summed E-state index contributed by atoms with van der Waals surface area (Å²) in [5, 5.41) is 9.29. The molecule has 0 unspecified atom stereocenters. The first-order chi connectivity index (χ1) is 9.72. The van der Waals surface area contributed by atoms with Gasteiger partial charge in [0.05, 0.1) is 0 Å². The maximum absolute atomic E-state index is 11.3. The van der Waals surface area contributed by atoms with E-state index in [9.17, 15) is 9.90 Å². The van der Waals surface area contributed by atoms with Crippen molar-refractivity contribution < 1.29 is 23.2 Å². The van der Waals surface area contributed by atoms with Gasteiger partial charge in [-0.3, -0.25) is 0 Å². The molecule has 126 valence electrons. The first-order valence-corrected chi connectivity index (χ1v) is 9.58. The van der Waals surface area contributed by atoms with E-state index in [-0.39, 0.29) is 0 Å². The van der Waals surface area contributed by atoms with Crippen LogP contribution in [-0.4, -0.2) is 56.8 Å². The molecular formula is C14H31NO5Si. The van der Waals surface area contributed by atoms with E-state index in [4.69, 9.17) is 13.3 Å². The number of hydrogen-bond acceptors (Lipinski definition) is 4. The summed E-state index contributed by atoms with van der Waals surface area (Å²) in [6.07, 6.45) is -0.241. The molecule has 0 aromatic rings. The second kappa shape index (κ2) is 9.40. The number of carboxylic acid groups (broad SMARTS) is 1. The van der Waals surface area contributed by atoms with E-state index < -0.39 is 20.4 Å². The molecule has 0 atom stereocenters. The number of nitrogens with zero attached hydrogens (tertiary/aromatic N) is 1. The van der Waals surface area contributed by atoms with Crippen molar-refractivity contribution in [1.82, 2.24) is 4.90 Å². The van der Waals surface area contributed by atoms with Gasteiger partial charge in [-0.05, 0) is 48.0 Å². The van der Waals surface area contributed by atoms with Crippen LogP contribution in [0.4, 0.5) is 4.79 Å². The number of hydrogen-bond donors (Lipinski definition) is 1. The lowest BCUT2D eigenvalue weighted by Crippen LogP contribution is -2.48. The quantitative estimate of drug-likeness (QED) is 0.626. The average molecular weight is 321 g/mol. The fourth-order valence-electron chi connectivity index (χ4n) is 2.17. The van der Waals surface area contributed by atoms with Crippen molar-refractivity contribution in [1.29, 1.82) is 0 Å². The molecule has 1 amide bonds. The van der Waals surface area contributed by atoms with Crippen molar-refractivity contribution in [3.8, 4) is 0 Å². The highest BCUT2D eigenvalue weighted by Gasteiger charge is 2.40. The number of carbonyl (C=O) groups is 1. The predicted molar refractivity (Wildman–Crippen MR) is 84.5 cm³/mol. The lowest BCUT2D eigenvalue weighted by atomic mass is 10.1. The van der Waals surface area contributed by atoms with Gasteiger partial charge in [0, 0.05) is 37.9 Å². The van der Waals surface area contributed by atoms with Gasteiger partial charge in [-0.25, -0.2) is 4.79 Å². The highest BCUT2D eigenvalue weighted by atomic mass is 28.4. The Morgan fingerprint density at radius 2 is 1.48 bits per heavy atom. The van der Waals surface area contributed by atoms with Crippen molar-refractivity contribution in [3.05, 3.63) is 0 Å². The molecule has 0 aromatic heterocycles. The molecule has 0 rings (SSSR count). The van der Waals surface area contributed by atoms with Crippen molar-refractivity contribution >= 4 is 14.9 Å². The van der Waals surface area contributed by atoms with Crippen LogP contribution in [0.1, 0.15) is 48.0 Å². The summed E-state index contributed by atoms with van der Waals surface area (Å²) in [5.41, 5.74) is -0.418. The van der Waals surface area contributed by atoms with E-state index in [1.54, 1.807) is 0 Å². The Morgan fingerprint density at radius 1 is 1.05 bits per heavy atom. The molecule has 21 heavy (non-hydrogen) atoms. The van der Waals surface area contributed by atoms with Crippen molar-refractivity contribution in [2.24, 2.45) is 0 Å². The van der Waals surface area contributed by atoms with Crippen molar-refractivity contribution in [3.63, 3.8) is 0 Å². The fourth-order valence-corrected chi connectivity index (χ4v) is 4.77. The Morgan fingerprint density at radius 3 is 1.76 bits per heavy atom. The second-order valence-electron chi connectivity index (χ2n) is 5.69. The predicted octanol–water partition coefficient (Wildman–Crippen LogP) is 3.20. The molecule has 0 aliphatic rings. The second-order valence-corrected chi connectivity index (χ2v) is 8.42. The standard InChI is InChI=1S/C14H31NO5Si/c1-7-18-21(19-8-2,20-9-3)12-10-11-15(13(16)17)14(4,5)6/h7-12H2,1-6H3,(H,16,17). The van der Waals surface area contributed by atoms with Crippen LogP contribution < -0.4 is 0 Å². The first kappa shape index (κ1) is 20.4. The zero-order chi connectivity index (χ0) is 16.5. The molecule has 1 N–H and O–H groups in total. The zero-order valence-electron chi connectivity index (χ0n) is 14.3. The molecule has 0 bridgehead atoms. The van der Waals surface area contributed by atoms with Gasteiger partial charge in [-0.1, -0.05) is 0 Å². The largest absolute Gasteiger partial charge is 0.500 e. The van der Waals surface area contributed by atoms with Crippen LogP contribution in [0.25, 0.3) is 0 Å². The first-order valence-electron chi connectivity index (χ1n) is 7.64. The van der Waals surface area contributed by atoms with Gasteiger partial charge in [0.1, 0.15) is 0 Å². The Balaban J connectivity index is 4.69. The molecule has 0 fully saturated rings. The van der Waals surface area contributed by atoms with Gasteiger partial charge in [-0.15, -0.1) is 0 Å². The Bertz CT molecular complexity index is 289. The SMILES string of the molecule is CCO[Si](CCCN(C(=O)O)C(C)(C)C)(OCC)OCC. The molecule has 0 saturated carbocycles.